The molecule has 2 heterocycles. The van der Waals surface area contributed by atoms with Crippen molar-refractivity contribution in [1.82, 2.24) is 19.9 Å². The summed E-state index contributed by atoms with van der Waals surface area (Å²) in [7, 11) is -4.27. The van der Waals surface area contributed by atoms with E-state index in [0.29, 0.717) is 0 Å². The topological polar surface area (TPSA) is 106 Å². The first-order valence-corrected chi connectivity index (χ1v) is 8.90. The maximum absolute atomic E-state index is 10.2. The van der Waals surface area contributed by atoms with Crippen LogP contribution in [0.2, 0.25) is 0 Å². The van der Waals surface area contributed by atoms with Crippen LogP contribution >= 0.6 is 0 Å². The molecule has 0 aliphatic heterocycles. The molecule has 0 bridgehead atoms. The predicted octanol–water partition coefficient (Wildman–Crippen LogP) is 2.82. The van der Waals surface area contributed by atoms with Gasteiger partial charge in [0.1, 0.15) is 12.7 Å². The van der Waals surface area contributed by atoms with Crippen LogP contribution in [0.15, 0.2) is 78.5 Å². The molecule has 4 rings (SSSR count). The number of fused-ring (bicyclic) bond motifs is 1. The van der Waals surface area contributed by atoms with Crippen LogP contribution in [0.5, 0.6) is 0 Å². The van der Waals surface area contributed by atoms with Gasteiger partial charge in [-0.3, -0.25) is 9.54 Å². The average Bonchev–Trinajstić information content (AvgIpc) is 2.69. The molecule has 9 heteroatoms. The molecule has 0 fully saturated rings. The molecular formula is C18H13IrN4O3S-. The molecule has 2 aromatic carbocycles. The summed E-state index contributed by atoms with van der Waals surface area (Å²) in [5.74, 6) is 0. The van der Waals surface area contributed by atoms with Crippen LogP contribution in [0, 0.1) is 6.07 Å². The van der Waals surface area contributed by atoms with Gasteiger partial charge < -0.3 is 0 Å². The Labute approximate surface area is 169 Å². The molecule has 1 radical (unpaired) electrons. The van der Waals surface area contributed by atoms with E-state index in [1.54, 1.807) is 0 Å². The molecule has 0 atom stereocenters. The molecule has 139 valence electrons. The van der Waals surface area contributed by atoms with Crippen LogP contribution < -0.4 is 0 Å². The second-order valence-corrected chi connectivity index (χ2v) is 6.38. The molecule has 2 aromatic heterocycles. The summed E-state index contributed by atoms with van der Waals surface area (Å²) in [5.41, 5.74) is 3.03. The Kier molecular flexibility index (Phi) is 7.20. The second kappa shape index (κ2) is 9.38. The second-order valence-electron chi connectivity index (χ2n) is 5.06. The number of hydrogen-bond donors (Lipinski definition) is 1. The van der Waals surface area contributed by atoms with E-state index in [0.717, 1.165) is 29.4 Å². The fourth-order valence-electron chi connectivity index (χ4n) is 2.13. The fraction of sp³-hybridized carbons (Fsp3) is 0. The molecule has 0 saturated heterocycles. The molecule has 27 heavy (non-hydrogen) atoms. The molecule has 0 aliphatic carbocycles. The van der Waals surface area contributed by atoms with Gasteiger partial charge in [0.05, 0.1) is 5.52 Å². The number of aromatic nitrogens is 4. The number of pyridine rings is 1. The van der Waals surface area contributed by atoms with E-state index < -0.39 is 15.3 Å². The maximum Gasteiger partial charge on any atom is 0.330 e. The fourth-order valence-corrected chi connectivity index (χ4v) is 2.49. The monoisotopic (exact) mass is 558 g/mol. The van der Waals surface area contributed by atoms with E-state index in [1.165, 1.54) is 5.39 Å². The van der Waals surface area contributed by atoms with Crippen molar-refractivity contribution in [2.45, 2.75) is 5.16 Å². The van der Waals surface area contributed by atoms with Gasteiger partial charge in [0.15, 0.2) is 0 Å². The van der Waals surface area contributed by atoms with E-state index in [1.807, 2.05) is 48.5 Å². The Balaban J connectivity index is 0.000000208. The molecule has 1 N–H and O–H groups in total. The van der Waals surface area contributed by atoms with Crippen molar-refractivity contribution in [3.05, 3.63) is 79.4 Å². The standard InChI is InChI=1S/C15H10N.C3H3N3O3S.Ir/c1-2-6-12(7-3-1)15-11-10-13-8-4-5-9-14(13)16-15;7-10(8,9)3-5-1-4-2-6-3;/h1-6,8-11H;1-2H,(H,7,8,9);/q-1;;. The van der Waals surface area contributed by atoms with E-state index in [2.05, 4.69) is 38.1 Å². The molecule has 4 aromatic rings. The van der Waals surface area contributed by atoms with Crippen molar-refractivity contribution in [1.29, 1.82) is 0 Å². The van der Waals surface area contributed by atoms with Gasteiger partial charge >= 0.3 is 10.1 Å². The minimum absolute atomic E-state index is 0. The van der Waals surface area contributed by atoms with Crippen LogP contribution in [-0.4, -0.2) is 32.9 Å². The summed E-state index contributed by atoms with van der Waals surface area (Å²) in [6, 6.07) is 23.4. The van der Waals surface area contributed by atoms with Crippen molar-refractivity contribution >= 4 is 21.0 Å². The van der Waals surface area contributed by atoms with E-state index in [9.17, 15) is 8.42 Å². The van der Waals surface area contributed by atoms with Crippen molar-refractivity contribution < 1.29 is 33.1 Å². The molecule has 7 nitrogen and oxygen atoms in total. The van der Waals surface area contributed by atoms with Gasteiger partial charge in [-0.15, -0.1) is 35.9 Å². The summed E-state index contributed by atoms with van der Waals surface area (Å²) in [6.07, 6.45) is 1.96. The maximum atomic E-state index is 10.2. The van der Waals surface area contributed by atoms with Crippen LogP contribution in [0.3, 0.4) is 0 Å². The summed E-state index contributed by atoms with van der Waals surface area (Å²) in [5, 5.41) is 0.532. The molecule has 0 spiro atoms. The van der Waals surface area contributed by atoms with Crippen LogP contribution in [0.1, 0.15) is 0 Å². The third kappa shape index (κ3) is 5.70. The van der Waals surface area contributed by atoms with Crippen LogP contribution in [0.25, 0.3) is 22.2 Å². The zero-order valence-corrected chi connectivity index (χ0v) is 16.9. The van der Waals surface area contributed by atoms with Gasteiger partial charge in [-0.1, -0.05) is 30.3 Å². The normalized spacial score (nSPS) is 10.4. The Morgan fingerprint density at radius 2 is 1.59 bits per heavy atom. The number of rotatable bonds is 2. The van der Waals surface area contributed by atoms with Gasteiger partial charge in [-0.2, -0.15) is 8.42 Å². The predicted molar refractivity (Wildman–Crippen MR) is 95.7 cm³/mol. The zero-order chi connectivity index (χ0) is 18.4. The first-order valence-electron chi connectivity index (χ1n) is 7.46. The van der Waals surface area contributed by atoms with Crippen LogP contribution in [0.4, 0.5) is 0 Å². The van der Waals surface area contributed by atoms with Crippen molar-refractivity contribution in [3.63, 3.8) is 0 Å². The summed E-state index contributed by atoms with van der Waals surface area (Å²) >= 11 is 0. The number of nitrogens with zero attached hydrogens (tertiary/aromatic N) is 4. The molecule has 0 amide bonds. The third-order valence-electron chi connectivity index (χ3n) is 3.28. The summed E-state index contributed by atoms with van der Waals surface area (Å²) in [6.45, 7) is 0. The zero-order valence-electron chi connectivity index (χ0n) is 13.7. The van der Waals surface area contributed by atoms with Gasteiger partial charge in [0.25, 0.3) is 5.16 Å². The Morgan fingerprint density at radius 1 is 0.889 bits per heavy atom. The molecule has 0 unspecified atom stereocenters. The summed E-state index contributed by atoms with van der Waals surface area (Å²) in [4.78, 5) is 14.4. The minimum Gasteiger partial charge on any atom is -0.296 e. The first-order chi connectivity index (χ1) is 12.5. The molecule has 0 aliphatic rings. The Hall–Kier alpha value is -2.58. The minimum atomic E-state index is -4.27. The summed E-state index contributed by atoms with van der Waals surface area (Å²) < 4.78 is 28.8. The van der Waals surface area contributed by atoms with Gasteiger partial charge in [0, 0.05) is 20.1 Å². The van der Waals surface area contributed by atoms with Crippen molar-refractivity contribution in [3.8, 4) is 11.3 Å². The van der Waals surface area contributed by atoms with Gasteiger partial charge in [-0.05, 0) is 17.1 Å². The number of para-hydroxylation sites is 1. The van der Waals surface area contributed by atoms with Crippen LogP contribution in [-0.2, 0) is 30.2 Å². The van der Waals surface area contributed by atoms with E-state index in [-0.39, 0.29) is 20.1 Å². The van der Waals surface area contributed by atoms with Gasteiger partial charge in [-0.25, -0.2) is 15.0 Å². The quantitative estimate of drug-likeness (QED) is 0.299. The number of benzene rings is 2. The average molecular weight is 558 g/mol. The first kappa shape index (κ1) is 20.7. The smallest absolute Gasteiger partial charge is 0.296 e. The Morgan fingerprint density at radius 3 is 2.22 bits per heavy atom. The van der Waals surface area contributed by atoms with E-state index in [4.69, 9.17) is 4.55 Å². The SMILES string of the molecule is O=S(=O)(O)c1ncncn1.[Ir].[c-]1ccccc1-c1ccc2ccccc2n1. The van der Waals surface area contributed by atoms with Gasteiger partial charge in [0.2, 0.25) is 0 Å². The van der Waals surface area contributed by atoms with Crippen molar-refractivity contribution in [2.24, 2.45) is 0 Å². The number of hydrogen-bond acceptors (Lipinski definition) is 6. The van der Waals surface area contributed by atoms with E-state index >= 15 is 0 Å². The molecule has 0 saturated carbocycles. The Bertz CT molecular complexity index is 1110. The third-order valence-corrected chi connectivity index (χ3v) is 3.96. The van der Waals surface area contributed by atoms with Crippen molar-refractivity contribution in [2.75, 3.05) is 0 Å². The largest absolute Gasteiger partial charge is 0.330 e. The molecular weight excluding hydrogens is 545 g/mol.